The molecule has 2 aromatic rings. The van der Waals surface area contributed by atoms with Crippen LogP contribution in [0.1, 0.15) is 11.4 Å². The van der Waals surface area contributed by atoms with Crippen LogP contribution < -0.4 is 20.1 Å². The lowest BCUT2D eigenvalue weighted by molar-refractivity contribution is 0.262. The lowest BCUT2D eigenvalue weighted by Crippen LogP contribution is -2.21. The highest BCUT2D eigenvalue weighted by atomic mass is 35.5. The maximum atomic E-state index is 12.2. The number of anilines is 2. The molecule has 0 aliphatic carbocycles. The van der Waals surface area contributed by atoms with Crippen LogP contribution in [0, 0.1) is 13.8 Å². The van der Waals surface area contributed by atoms with Crippen molar-refractivity contribution in [1.29, 1.82) is 0 Å². The Bertz CT molecular complexity index is 714. The van der Waals surface area contributed by atoms with Crippen LogP contribution in [0.15, 0.2) is 18.2 Å². The van der Waals surface area contributed by atoms with Gasteiger partial charge in [-0.25, -0.2) is 4.79 Å². The van der Waals surface area contributed by atoms with E-state index in [2.05, 4.69) is 20.6 Å². The second-order valence-electron chi connectivity index (χ2n) is 4.68. The molecule has 2 N–H and O–H groups in total. The van der Waals surface area contributed by atoms with Crippen molar-refractivity contribution in [3.05, 3.63) is 34.6 Å². The molecule has 0 bridgehead atoms. The smallest absolute Gasteiger partial charge is 0.323 e. The van der Waals surface area contributed by atoms with Crippen LogP contribution in [0.4, 0.5) is 16.2 Å². The molecule has 0 fully saturated rings. The predicted octanol–water partition coefficient (Wildman–Crippen LogP) is 3.41. The summed E-state index contributed by atoms with van der Waals surface area (Å²) in [5, 5.41) is 5.89. The highest BCUT2D eigenvalue weighted by Gasteiger charge is 2.13. The molecule has 1 heterocycles. The second kappa shape index (κ2) is 7.15. The van der Waals surface area contributed by atoms with E-state index >= 15 is 0 Å². The highest BCUT2D eigenvalue weighted by Crippen LogP contribution is 2.28. The van der Waals surface area contributed by atoms with Gasteiger partial charge in [-0.2, -0.15) is 9.97 Å². The summed E-state index contributed by atoms with van der Waals surface area (Å²) in [5.74, 6) is 0.504. The minimum atomic E-state index is -0.453. The van der Waals surface area contributed by atoms with Crippen molar-refractivity contribution < 1.29 is 14.3 Å². The van der Waals surface area contributed by atoms with Gasteiger partial charge in [0.15, 0.2) is 0 Å². The van der Waals surface area contributed by atoms with Gasteiger partial charge in [-0.05, 0) is 32.0 Å². The number of benzene rings is 1. The van der Waals surface area contributed by atoms with E-state index in [4.69, 9.17) is 21.1 Å². The fraction of sp³-hybridized carbons (Fsp3) is 0.267. The van der Waals surface area contributed by atoms with Crippen molar-refractivity contribution in [2.24, 2.45) is 0 Å². The third kappa shape index (κ3) is 4.01. The molecule has 0 saturated heterocycles. The number of urea groups is 1. The summed E-state index contributed by atoms with van der Waals surface area (Å²) in [6.07, 6.45) is 0. The summed E-state index contributed by atoms with van der Waals surface area (Å²) in [5.41, 5.74) is 2.18. The minimum Gasteiger partial charge on any atom is -0.495 e. The van der Waals surface area contributed by atoms with Crippen molar-refractivity contribution >= 4 is 29.0 Å². The van der Waals surface area contributed by atoms with Crippen LogP contribution in [-0.2, 0) is 0 Å². The van der Waals surface area contributed by atoms with Crippen LogP contribution >= 0.6 is 11.6 Å². The summed E-state index contributed by atoms with van der Waals surface area (Å²) in [6.45, 7) is 3.51. The Kier molecular flexibility index (Phi) is 5.23. The van der Waals surface area contributed by atoms with E-state index in [9.17, 15) is 4.79 Å². The van der Waals surface area contributed by atoms with Crippen LogP contribution in [0.2, 0.25) is 5.02 Å². The summed E-state index contributed by atoms with van der Waals surface area (Å²) >= 11 is 5.94. The first-order chi connectivity index (χ1) is 10.9. The molecule has 1 aromatic carbocycles. The van der Waals surface area contributed by atoms with Crippen LogP contribution in [-0.4, -0.2) is 30.2 Å². The lowest BCUT2D eigenvalue weighted by Gasteiger charge is -2.14. The number of methoxy groups -OCH3 is 2. The monoisotopic (exact) mass is 336 g/mol. The molecule has 0 spiro atoms. The molecule has 0 aliphatic rings. The number of aromatic nitrogens is 2. The molecule has 23 heavy (non-hydrogen) atoms. The topological polar surface area (TPSA) is 85.4 Å². The maximum absolute atomic E-state index is 12.2. The Hall–Kier alpha value is -2.54. The number of ether oxygens (including phenoxy) is 2. The zero-order chi connectivity index (χ0) is 17.0. The summed E-state index contributed by atoms with van der Waals surface area (Å²) in [4.78, 5) is 20.5. The lowest BCUT2D eigenvalue weighted by atomic mass is 10.3. The number of rotatable bonds is 4. The number of aryl methyl sites for hydroxylation is 2. The number of carbonyl (C=O) groups excluding carboxylic acids is 1. The van der Waals surface area contributed by atoms with Gasteiger partial charge in [0, 0.05) is 5.02 Å². The van der Waals surface area contributed by atoms with Gasteiger partial charge >= 0.3 is 12.0 Å². The predicted molar refractivity (Wildman–Crippen MR) is 88.7 cm³/mol. The molecule has 2 rings (SSSR count). The number of carbonyl (C=O) groups is 1. The van der Waals surface area contributed by atoms with Gasteiger partial charge in [-0.3, -0.25) is 0 Å². The third-order valence-electron chi connectivity index (χ3n) is 3.08. The Morgan fingerprint density at radius 3 is 2.30 bits per heavy atom. The Balaban J connectivity index is 2.19. The summed E-state index contributed by atoms with van der Waals surface area (Å²) < 4.78 is 10.2. The number of halogens is 1. The Labute approximate surface area is 139 Å². The minimum absolute atomic E-state index is 0.252. The molecule has 2 amide bonds. The van der Waals surface area contributed by atoms with Gasteiger partial charge in [0.1, 0.15) is 5.75 Å². The first kappa shape index (κ1) is 16.8. The second-order valence-corrected chi connectivity index (χ2v) is 5.12. The Morgan fingerprint density at radius 1 is 1.09 bits per heavy atom. The molecule has 122 valence electrons. The van der Waals surface area contributed by atoms with Crippen LogP contribution in [0.5, 0.6) is 11.8 Å². The largest absolute Gasteiger partial charge is 0.495 e. The molecule has 0 aliphatic heterocycles. The van der Waals surface area contributed by atoms with Crippen molar-refractivity contribution in [2.45, 2.75) is 13.8 Å². The quantitative estimate of drug-likeness (QED) is 0.893. The first-order valence-corrected chi connectivity index (χ1v) is 7.13. The molecule has 1 aromatic heterocycles. The van der Waals surface area contributed by atoms with E-state index in [1.807, 2.05) is 0 Å². The van der Waals surface area contributed by atoms with Crippen molar-refractivity contribution in [3.63, 3.8) is 0 Å². The molecule has 7 nitrogen and oxygen atoms in total. The zero-order valence-electron chi connectivity index (χ0n) is 13.2. The SMILES string of the molecule is COc1nc(C)c(NC(=O)Nc2cc(Cl)ccc2OC)c(C)n1. The van der Waals surface area contributed by atoms with Crippen LogP contribution in [0.3, 0.4) is 0 Å². The number of nitrogens with zero attached hydrogens (tertiary/aromatic N) is 2. The van der Waals surface area contributed by atoms with E-state index in [-0.39, 0.29) is 6.01 Å². The molecule has 0 saturated carbocycles. The van der Waals surface area contributed by atoms with Crippen LogP contribution in [0.25, 0.3) is 0 Å². The third-order valence-corrected chi connectivity index (χ3v) is 3.32. The van der Waals surface area contributed by atoms with Gasteiger partial charge in [0.05, 0.1) is 37.0 Å². The van der Waals surface area contributed by atoms with E-state index in [0.717, 1.165) is 0 Å². The normalized spacial score (nSPS) is 10.1. The standard InChI is InChI=1S/C15H17ClN4O3/c1-8-13(9(2)18-15(17-8)23-4)20-14(21)19-11-7-10(16)5-6-12(11)22-3/h5-7H,1-4H3,(H2,19,20,21). The van der Waals surface area contributed by atoms with Crippen molar-refractivity contribution in [2.75, 3.05) is 24.9 Å². The maximum Gasteiger partial charge on any atom is 0.323 e. The number of amides is 2. The van der Waals surface area contributed by atoms with Gasteiger partial charge in [-0.15, -0.1) is 0 Å². The van der Waals surface area contributed by atoms with Gasteiger partial charge in [-0.1, -0.05) is 11.6 Å². The van der Waals surface area contributed by atoms with Gasteiger partial charge < -0.3 is 20.1 Å². The summed E-state index contributed by atoms with van der Waals surface area (Å²) in [7, 11) is 3.00. The fourth-order valence-corrected chi connectivity index (χ4v) is 2.17. The average molecular weight is 337 g/mol. The zero-order valence-corrected chi connectivity index (χ0v) is 14.0. The molecule has 0 unspecified atom stereocenters. The van der Waals surface area contributed by atoms with Gasteiger partial charge in [0.2, 0.25) is 0 Å². The molecule has 8 heteroatoms. The van der Waals surface area contributed by atoms with Crippen molar-refractivity contribution in [3.8, 4) is 11.8 Å². The molecule has 0 radical (unpaired) electrons. The highest BCUT2D eigenvalue weighted by molar-refractivity contribution is 6.31. The molecular formula is C15H17ClN4O3. The number of nitrogens with one attached hydrogen (secondary N) is 2. The Morgan fingerprint density at radius 2 is 1.74 bits per heavy atom. The first-order valence-electron chi connectivity index (χ1n) is 6.75. The molecule has 0 atom stereocenters. The molecular weight excluding hydrogens is 320 g/mol. The van der Waals surface area contributed by atoms with E-state index in [1.54, 1.807) is 32.0 Å². The van der Waals surface area contributed by atoms with E-state index in [1.165, 1.54) is 14.2 Å². The van der Waals surface area contributed by atoms with Crippen molar-refractivity contribution in [1.82, 2.24) is 9.97 Å². The fourth-order valence-electron chi connectivity index (χ4n) is 2.00. The summed E-state index contributed by atoms with van der Waals surface area (Å²) in [6, 6.07) is 4.75. The number of hydrogen-bond acceptors (Lipinski definition) is 5. The van der Waals surface area contributed by atoms with E-state index < -0.39 is 6.03 Å². The van der Waals surface area contributed by atoms with E-state index in [0.29, 0.717) is 33.5 Å². The van der Waals surface area contributed by atoms with Gasteiger partial charge in [0.25, 0.3) is 0 Å². The average Bonchev–Trinajstić information content (AvgIpc) is 2.51. The number of hydrogen-bond donors (Lipinski definition) is 2.